The van der Waals surface area contributed by atoms with Crippen LogP contribution in [0.1, 0.15) is 18.9 Å². The fourth-order valence-electron chi connectivity index (χ4n) is 1.56. The van der Waals surface area contributed by atoms with Crippen LogP contribution in [-0.4, -0.2) is 36.4 Å². The molecule has 0 amide bonds. The van der Waals surface area contributed by atoms with Gasteiger partial charge in [0.1, 0.15) is 5.82 Å². The van der Waals surface area contributed by atoms with Crippen LogP contribution in [0.25, 0.3) is 0 Å². The maximum Gasteiger partial charge on any atom is 0.251 e. The Morgan fingerprint density at radius 2 is 2.24 bits per heavy atom. The first-order valence-corrected chi connectivity index (χ1v) is 5.78. The molecule has 0 unspecified atom stereocenters. The molecule has 5 heteroatoms. The molecule has 0 aliphatic heterocycles. The van der Waals surface area contributed by atoms with Gasteiger partial charge in [-0.1, -0.05) is 13.0 Å². The maximum atomic E-state index is 12.2. The average Bonchev–Trinajstić information content (AvgIpc) is 2.26. The molecule has 96 valence electrons. The Balaban J connectivity index is 2.62. The first-order chi connectivity index (χ1) is 8.13. The van der Waals surface area contributed by atoms with Crippen molar-refractivity contribution in [3.63, 3.8) is 0 Å². The number of hydrogen-bond donors (Lipinski definition) is 1. The second-order valence-corrected chi connectivity index (χ2v) is 4.03. The predicted octanol–water partition coefficient (Wildman–Crippen LogP) is 2.60. The van der Waals surface area contributed by atoms with Crippen LogP contribution in [-0.2, 0) is 6.54 Å². The standard InChI is InChI=1S/C12H19F2N3/c1-3-6-15-12-10(5-4-7-16-12)8-17(2)9-11(13)14/h4-5,7,11H,3,6,8-9H2,1-2H3,(H,15,16). The van der Waals surface area contributed by atoms with Crippen molar-refractivity contribution < 1.29 is 8.78 Å². The third kappa shape index (κ3) is 5.08. The van der Waals surface area contributed by atoms with Crippen molar-refractivity contribution in [2.45, 2.75) is 26.3 Å². The van der Waals surface area contributed by atoms with E-state index in [9.17, 15) is 8.78 Å². The van der Waals surface area contributed by atoms with Crippen LogP contribution < -0.4 is 5.32 Å². The number of anilines is 1. The largest absolute Gasteiger partial charge is 0.370 e. The molecule has 0 spiro atoms. The zero-order valence-corrected chi connectivity index (χ0v) is 10.3. The van der Waals surface area contributed by atoms with Crippen LogP contribution in [0.15, 0.2) is 18.3 Å². The fourth-order valence-corrected chi connectivity index (χ4v) is 1.56. The molecule has 17 heavy (non-hydrogen) atoms. The monoisotopic (exact) mass is 243 g/mol. The van der Waals surface area contributed by atoms with Gasteiger partial charge in [0.15, 0.2) is 0 Å². The molecule has 0 saturated heterocycles. The van der Waals surface area contributed by atoms with E-state index in [1.165, 1.54) is 0 Å². The highest BCUT2D eigenvalue weighted by atomic mass is 19.3. The van der Waals surface area contributed by atoms with Gasteiger partial charge in [0.2, 0.25) is 0 Å². The summed E-state index contributed by atoms with van der Waals surface area (Å²) < 4.78 is 24.4. The van der Waals surface area contributed by atoms with E-state index in [0.29, 0.717) is 6.54 Å². The van der Waals surface area contributed by atoms with Crippen molar-refractivity contribution in [1.29, 1.82) is 0 Å². The molecule has 1 aromatic heterocycles. The van der Waals surface area contributed by atoms with Crippen LogP contribution >= 0.6 is 0 Å². The third-order valence-corrected chi connectivity index (χ3v) is 2.32. The summed E-state index contributed by atoms with van der Waals surface area (Å²) in [7, 11) is 1.68. The Labute approximate surface area is 101 Å². The predicted molar refractivity (Wildman–Crippen MR) is 65.4 cm³/mol. The zero-order valence-electron chi connectivity index (χ0n) is 10.3. The van der Waals surface area contributed by atoms with Gasteiger partial charge >= 0.3 is 0 Å². The van der Waals surface area contributed by atoms with Gasteiger partial charge in [0.05, 0.1) is 6.54 Å². The highest BCUT2D eigenvalue weighted by molar-refractivity contribution is 5.43. The smallest absolute Gasteiger partial charge is 0.251 e. The molecule has 0 fully saturated rings. The molecule has 0 bridgehead atoms. The molecule has 0 saturated carbocycles. The Kier molecular flexibility index (Phi) is 5.83. The van der Waals surface area contributed by atoms with E-state index in [1.807, 2.05) is 12.1 Å². The molecule has 0 aliphatic carbocycles. The number of aromatic nitrogens is 1. The van der Waals surface area contributed by atoms with Crippen LogP contribution in [0.2, 0.25) is 0 Å². The van der Waals surface area contributed by atoms with Gasteiger partial charge in [-0.15, -0.1) is 0 Å². The third-order valence-electron chi connectivity index (χ3n) is 2.32. The van der Waals surface area contributed by atoms with Gasteiger partial charge in [-0.25, -0.2) is 13.8 Å². The summed E-state index contributed by atoms with van der Waals surface area (Å²) in [6.07, 6.45) is 0.404. The quantitative estimate of drug-likeness (QED) is 0.798. The summed E-state index contributed by atoms with van der Waals surface area (Å²) in [6.45, 7) is 3.16. The van der Waals surface area contributed by atoms with Crippen LogP contribution in [0.5, 0.6) is 0 Å². The van der Waals surface area contributed by atoms with Crippen LogP contribution in [0.4, 0.5) is 14.6 Å². The van der Waals surface area contributed by atoms with Crippen molar-refractivity contribution in [3.05, 3.63) is 23.9 Å². The number of alkyl halides is 2. The molecule has 0 atom stereocenters. The molecule has 3 nitrogen and oxygen atoms in total. The summed E-state index contributed by atoms with van der Waals surface area (Å²) in [5, 5.41) is 3.20. The van der Waals surface area contributed by atoms with Crippen molar-refractivity contribution in [2.24, 2.45) is 0 Å². The number of pyridine rings is 1. The normalized spacial score (nSPS) is 11.2. The Bertz CT molecular complexity index is 331. The number of hydrogen-bond acceptors (Lipinski definition) is 3. The molecule has 0 radical (unpaired) electrons. The summed E-state index contributed by atoms with van der Waals surface area (Å²) in [5.41, 5.74) is 0.948. The van der Waals surface area contributed by atoms with Gasteiger partial charge < -0.3 is 5.32 Å². The summed E-state index contributed by atoms with van der Waals surface area (Å²) in [5.74, 6) is 0.787. The highest BCUT2D eigenvalue weighted by Crippen LogP contribution is 2.14. The Hall–Kier alpha value is -1.23. The van der Waals surface area contributed by atoms with Gasteiger partial charge in [-0.3, -0.25) is 4.90 Å². The van der Waals surface area contributed by atoms with Gasteiger partial charge in [0.25, 0.3) is 6.43 Å². The lowest BCUT2D eigenvalue weighted by atomic mass is 10.2. The Morgan fingerprint density at radius 3 is 2.88 bits per heavy atom. The molecule has 1 heterocycles. The van der Waals surface area contributed by atoms with Crippen molar-refractivity contribution in [2.75, 3.05) is 25.5 Å². The van der Waals surface area contributed by atoms with E-state index >= 15 is 0 Å². The summed E-state index contributed by atoms with van der Waals surface area (Å²) in [4.78, 5) is 5.82. The SMILES string of the molecule is CCCNc1ncccc1CN(C)CC(F)F. The van der Waals surface area contributed by atoms with E-state index in [1.54, 1.807) is 18.1 Å². The molecule has 1 rings (SSSR count). The van der Waals surface area contributed by atoms with Crippen LogP contribution in [0, 0.1) is 0 Å². The molecule has 0 aliphatic rings. The zero-order chi connectivity index (χ0) is 12.7. The lowest BCUT2D eigenvalue weighted by molar-refractivity contribution is 0.0976. The number of rotatable bonds is 7. The van der Waals surface area contributed by atoms with Crippen LogP contribution in [0.3, 0.4) is 0 Å². The van der Waals surface area contributed by atoms with E-state index in [4.69, 9.17) is 0 Å². The fraction of sp³-hybridized carbons (Fsp3) is 0.583. The van der Waals surface area contributed by atoms with Crippen molar-refractivity contribution in [1.82, 2.24) is 9.88 Å². The minimum Gasteiger partial charge on any atom is -0.370 e. The van der Waals surface area contributed by atoms with Crippen molar-refractivity contribution in [3.8, 4) is 0 Å². The maximum absolute atomic E-state index is 12.2. The van der Waals surface area contributed by atoms with E-state index in [-0.39, 0.29) is 6.54 Å². The van der Waals surface area contributed by atoms with Gasteiger partial charge in [0, 0.05) is 24.8 Å². The molecule has 1 aromatic rings. The highest BCUT2D eigenvalue weighted by Gasteiger charge is 2.10. The Morgan fingerprint density at radius 1 is 1.47 bits per heavy atom. The molecule has 0 aromatic carbocycles. The summed E-state index contributed by atoms with van der Waals surface area (Å²) >= 11 is 0. The first-order valence-electron chi connectivity index (χ1n) is 5.78. The first kappa shape index (κ1) is 13.8. The number of halogens is 2. The minimum atomic E-state index is -2.30. The average molecular weight is 243 g/mol. The summed E-state index contributed by atoms with van der Waals surface area (Å²) in [6, 6.07) is 3.73. The second-order valence-electron chi connectivity index (χ2n) is 4.03. The molecule has 1 N–H and O–H groups in total. The lowest BCUT2D eigenvalue weighted by Crippen LogP contribution is -2.24. The molecular formula is C12H19F2N3. The lowest BCUT2D eigenvalue weighted by Gasteiger charge is -2.18. The van der Waals surface area contributed by atoms with E-state index in [2.05, 4.69) is 17.2 Å². The second kappa shape index (κ2) is 7.17. The molecular weight excluding hydrogens is 224 g/mol. The van der Waals surface area contributed by atoms with E-state index in [0.717, 1.165) is 24.3 Å². The minimum absolute atomic E-state index is 0.220. The van der Waals surface area contributed by atoms with Gasteiger partial charge in [-0.05, 0) is 19.5 Å². The number of nitrogens with zero attached hydrogens (tertiary/aromatic N) is 2. The van der Waals surface area contributed by atoms with Gasteiger partial charge in [-0.2, -0.15) is 0 Å². The number of nitrogens with one attached hydrogen (secondary N) is 1. The van der Waals surface area contributed by atoms with E-state index < -0.39 is 6.43 Å². The van der Waals surface area contributed by atoms with Crippen molar-refractivity contribution >= 4 is 5.82 Å². The topological polar surface area (TPSA) is 28.2 Å².